The molecule has 0 bridgehead atoms. The van der Waals surface area contributed by atoms with Gasteiger partial charge in [-0.3, -0.25) is 15.0 Å². The highest BCUT2D eigenvalue weighted by atomic mass is 35.5. The van der Waals surface area contributed by atoms with E-state index in [1.807, 2.05) is 5.01 Å². The number of rotatable bonds is 7. The van der Waals surface area contributed by atoms with Crippen LogP contribution in [-0.4, -0.2) is 49.0 Å². The molecule has 4 rings (SSSR count). The number of hydrazine groups is 1. The molecule has 1 unspecified atom stereocenters. The number of benzene rings is 2. The number of nitrogens with zero attached hydrogens (tertiary/aromatic N) is 1. The van der Waals surface area contributed by atoms with E-state index in [0.717, 1.165) is 24.6 Å². The van der Waals surface area contributed by atoms with Crippen molar-refractivity contribution in [1.82, 2.24) is 10.4 Å². The number of amides is 1. The number of anilines is 1. The van der Waals surface area contributed by atoms with Crippen LogP contribution in [0.5, 0.6) is 11.5 Å². The van der Waals surface area contributed by atoms with Gasteiger partial charge in [0, 0.05) is 30.6 Å². The average Bonchev–Trinajstić information content (AvgIpc) is 2.80. The number of piperidine rings is 1. The molecule has 2 N–H and O–H groups in total. The van der Waals surface area contributed by atoms with E-state index in [1.54, 1.807) is 18.2 Å². The Morgan fingerprint density at radius 2 is 1.97 bits per heavy atom. The molecule has 7 nitrogen and oxygen atoms in total. The average molecular weight is 496 g/mol. The lowest BCUT2D eigenvalue weighted by Gasteiger charge is -2.34. The fraction of sp³-hybridized carbons (Fsp3) is 0.391. The SMILES string of the molecule is O=C(COc1ccc(Cl)c(F)c1)CC1CCN(NC(=O)C2CNc3cc(Cl)ccc3O2)CC1. The summed E-state index contributed by atoms with van der Waals surface area (Å²) in [7, 11) is 0. The van der Waals surface area contributed by atoms with Crippen molar-refractivity contribution >= 4 is 40.6 Å². The Hall–Kier alpha value is -2.55. The molecule has 0 radical (unpaired) electrons. The third kappa shape index (κ3) is 6.28. The summed E-state index contributed by atoms with van der Waals surface area (Å²) in [5, 5.41) is 5.63. The summed E-state index contributed by atoms with van der Waals surface area (Å²) in [6.07, 6.45) is 1.28. The maximum atomic E-state index is 13.5. The molecule has 2 aromatic carbocycles. The van der Waals surface area contributed by atoms with Gasteiger partial charge in [0.2, 0.25) is 0 Å². The second kappa shape index (κ2) is 10.6. The first-order chi connectivity index (χ1) is 15.9. The van der Waals surface area contributed by atoms with Crippen molar-refractivity contribution < 1.29 is 23.5 Å². The predicted octanol–water partition coefficient (Wildman–Crippen LogP) is 4.09. The van der Waals surface area contributed by atoms with Crippen LogP contribution in [0.2, 0.25) is 10.0 Å². The van der Waals surface area contributed by atoms with E-state index in [2.05, 4.69) is 10.7 Å². The highest BCUT2D eigenvalue weighted by Gasteiger charge is 2.29. The summed E-state index contributed by atoms with van der Waals surface area (Å²) < 4.78 is 24.6. The number of Topliss-reactive ketones (excluding diaryl/α,β-unsaturated/α-hetero) is 1. The van der Waals surface area contributed by atoms with Crippen LogP contribution in [0.4, 0.5) is 10.1 Å². The molecule has 0 aromatic heterocycles. The molecule has 1 amide bonds. The Morgan fingerprint density at radius 3 is 2.73 bits per heavy atom. The minimum absolute atomic E-state index is 0.00793. The Balaban J connectivity index is 1.17. The summed E-state index contributed by atoms with van der Waals surface area (Å²) in [4.78, 5) is 24.9. The lowest BCUT2D eigenvalue weighted by atomic mass is 9.92. The van der Waals surface area contributed by atoms with Gasteiger partial charge in [-0.1, -0.05) is 23.2 Å². The second-order valence-electron chi connectivity index (χ2n) is 8.14. The van der Waals surface area contributed by atoms with Crippen LogP contribution in [0.15, 0.2) is 36.4 Å². The summed E-state index contributed by atoms with van der Waals surface area (Å²) in [6.45, 7) is 1.51. The molecule has 0 saturated carbocycles. The Bertz CT molecular complexity index is 1030. The lowest BCUT2D eigenvalue weighted by Crippen LogP contribution is -2.53. The van der Waals surface area contributed by atoms with E-state index in [0.29, 0.717) is 36.8 Å². The standard InChI is InChI=1S/C23H24Cl2FN3O4/c24-15-1-4-21-20(10-15)27-12-22(33-21)23(31)28-29-7-5-14(6-8-29)9-16(30)13-32-17-2-3-18(25)19(26)11-17/h1-4,10-11,14,22,27H,5-9,12-13H2,(H,28,31). The molecule has 2 aliphatic rings. The van der Waals surface area contributed by atoms with Crippen molar-refractivity contribution in [2.45, 2.75) is 25.4 Å². The van der Waals surface area contributed by atoms with Crippen LogP contribution in [0.25, 0.3) is 0 Å². The fourth-order valence-corrected chi connectivity index (χ4v) is 4.16. The number of ketones is 1. The molecule has 1 saturated heterocycles. The molecule has 10 heteroatoms. The normalized spacial score (nSPS) is 18.6. The first-order valence-electron chi connectivity index (χ1n) is 10.7. The largest absolute Gasteiger partial charge is 0.486 e. The first kappa shape index (κ1) is 23.6. The van der Waals surface area contributed by atoms with Gasteiger partial charge in [-0.15, -0.1) is 0 Å². The molecule has 33 heavy (non-hydrogen) atoms. The maximum Gasteiger partial charge on any atom is 0.277 e. The topological polar surface area (TPSA) is 79.9 Å². The number of nitrogens with one attached hydrogen (secondary N) is 2. The predicted molar refractivity (Wildman–Crippen MR) is 123 cm³/mol. The van der Waals surface area contributed by atoms with Gasteiger partial charge in [0.1, 0.15) is 23.9 Å². The van der Waals surface area contributed by atoms with E-state index >= 15 is 0 Å². The quantitative estimate of drug-likeness (QED) is 0.602. The molecule has 1 atom stereocenters. The number of halogens is 3. The molecule has 0 aliphatic carbocycles. The van der Waals surface area contributed by atoms with Crippen molar-refractivity contribution in [2.75, 3.05) is 31.6 Å². The zero-order valence-electron chi connectivity index (χ0n) is 17.8. The van der Waals surface area contributed by atoms with Crippen molar-refractivity contribution in [1.29, 1.82) is 0 Å². The van der Waals surface area contributed by atoms with Crippen LogP contribution in [0.1, 0.15) is 19.3 Å². The number of carbonyl (C=O) groups excluding carboxylic acids is 2. The molecular formula is C23H24Cl2FN3O4. The number of ether oxygens (including phenoxy) is 2. The number of carbonyl (C=O) groups is 2. The monoisotopic (exact) mass is 495 g/mol. The van der Waals surface area contributed by atoms with E-state index in [1.165, 1.54) is 12.1 Å². The van der Waals surface area contributed by atoms with Crippen LogP contribution < -0.4 is 20.2 Å². The van der Waals surface area contributed by atoms with Crippen molar-refractivity contribution in [2.24, 2.45) is 5.92 Å². The van der Waals surface area contributed by atoms with Crippen LogP contribution in [0, 0.1) is 11.7 Å². The van der Waals surface area contributed by atoms with Gasteiger partial charge in [-0.25, -0.2) is 9.40 Å². The Kier molecular flexibility index (Phi) is 7.57. The van der Waals surface area contributed by atoms with Crippen LogP contribution in [-0.2, 0) is 9.59 Å². The lowest BCUT2D eigenvalue weighted by molar-refractivity contribution is -0.133. The highest BCUT2D eigenvalue weighted by Crippen LogP contribution is 2.31. The summed E-state index contributed by atoms with van der Waals surface area (Å²) in [5.74, 6) is 0.216. The third-order valence-electron chi connectivity index (χ3n) is 5.67. The summed E-state index contributed by atoms with van der Waals surface area (Å²) >= 11 is 11.6. The van der Waals surface area contributed by atoms with Gasteiger partial charge in [-0.05, 0) is 49.1 Å². The van der Waals surface area contributed by atoms with E-state index in [4.69, 9.17) is 32.7 Å². The zero-order valence-corrected chi connectivity index (χ0v) is 19.3. The summed E-state index contributed by atoms with van der Waals surface area (Å²) in [6, 6.07) is 9.29. The van der Waals surface area contributed by atoms with Gasteiger partial charge in [0.25, 0.3) is 5.91 Å². The summed E-state index contributed by atoms with van der Waals surface area (Å²) in [5.41, 5.74) is 3.67. The van der Waals surface area contributed by atoms with Gasteiger partial charge >= 0.3 is 0 Å². The Morgan fingerprint density at radius 1 is 1.18 bits per heavy atom. The fourth-order valence-electron chi connectivity index (χ4n) is 3.88. The highest BCUT2D eigenvalue weighted by molar-refractivity contribution is 6.31. The van der Waals surface area contributed by atoms with Gasteiger partial charge < -0.3 is 14.8 Å². The molecule has 2 heterocycles. The van der Waals surface area contributed by atoms with E-state index in [-0.39, 0.29) is 35.0 Å². The number of hydrogen-bond acceptors (Lipinski definition) is 6. The van der Waals surface area contributed by atoms with Gasteiger partial charge in [0.15, 0.2) is 11.9 Å². The molecule has 2 aliphatic heterocycles. The maximum absolute atomic E-state index is 13.5. The molecular weight excluding hydrogens is 472 g/mol. The van der Waals surface area contributed by atoms with Gasteiger partial charge in [0.05, 0.1) is 17.3 Å². The molecule has 2 aromatic rings. The van der Waals surface area contributed by atoms with E-state index in [9.17, 15) is 14.0 Å². The first-order valence-corrected chi connectivity index (χ1v) is 11.5. The van der Waals surface area contributed by atoms with Gasteiger partial charge in [-0.2, -0.15) is 0 Å². The molecule has 0 spiro atoms. The molecule has 1 fully saturated rings. The molecule has 176 valence electrons. The number of hydrogen-bond donors (Lipinski definition) is 2. The minimum Gasteiger partial charge on any atom is -0.486 e. The van der Waals surface area contributed by atoms with Crippen LogP contribution >= 0.6 is 23.2 Å². The van der Waals surface area contributed by atoms with Crippen molar-refractivity contribution in [3.8, 4) is 11.5 Å². The zero-order chi connectivity index (χ0) is 23.4. The third-order valence-corrected chi connectivity index (χ3v) is 6.21. The second-order valence-corrected chi connectivity index (χ2v) is 8.99. The number of fused-ring (bicyclic) bond motifs is 1. The van der Waals surface area contributed by atoms with Crippen LogP contribution in [0.3, 0.4) is 0 Å². The minimum atomic E-state index is -0.646. The van der Waals surface area contributed by atoms with Crippen molar-refractivity contribution in [3.63, 3.8) is 0 Å². The van der Waals surface area contributed by atoms with E-state index < -0.39 is 11.9 Å². The van der Waals surface area contributed by atoms with Crippen molar-refractivity contribution in [3.05, 3.63) is 52.3 Å². The Labute approximate surface area is 201 Å². The smallest absolute Gasteiger partial charge is 0.277 e.